The number of benzene rings is 1. The van der Waals surface area contributed by atoms with Crippen molar-refractivity contribution in [2.24, 2.45) is 0 Å². The lowest BCUT2D eigenvalue weighted by atomic mass is 10.0. The van der Waals surface area contributed by atoms with Gasteiger partial charge in [-0.25, -0.2) is 4.79 Å². The van der Waals surface area contributed by atoms with E-state index < -0.39 is 11.6 Å². The number of carbonyl (C=O) groups excluding carboxylic acids is 1. The molecule has 0 fully saturated rings. The Morgan fingerprint density at radius 1 is 1.29 bits per heavy atom. The molecule has 0 aliphatic heterocycles. The van der Waals surface area contributed by atoms with Crippen molar-refractivity contribution < 1.29 is 19.4 Å². The predicted octanol–water partition coefficient (Wildman–Crippen LogP) is 2.39. The Morgan fingerprint density at radius 3 is 2.33 bits per heavy atom. The van der Waals surface area contributed by atoms with Gasteiger partial charge in [-0.2, -0.15) is 0 Å². The summed E-state index contributed by atoms with van der Waals surface area (Å²) in [5, 5.41) is 11.5. The Bertz CT molecular complexity index is 532. The van der Waals surface area contributed by atoms with Gasteiger partial charge in [0.05, 0.1) is 6.04 Å². The molecule has 5 heteroatoms. The highest BCUT2D eigenvalue weighted by Gasteiger charge is 2.28. The number of carbonyl (C=O) groups is 2. The lowest BCUT2D eigenvalue weighted by Crippen LogP contribution is -2.44. The molecular formula is C16H21NO4. The first-order valence-electron chi connectivity index (χ1n) is 6.63. The molecule has 2 N–H and O–H groups in total. The van der Waals surface area contributed by atoms with Crippen molar-refractivity contribution in [3.63, 3.8) is 0 Å². The fourth-order valence-electron chi connectivity index (χ4n) is 1.61. The fraction of sp³-hybridized carbons (Fsp3) is 0.375. The molecule has 1 atom stereocenters. The average molecular weight is 291 g/mol. The number of aliphatic carboxylic acids is 1. The van der Waals surface area contributed by atoms with Gasteiger partial charge in [-0.15, -0.1) is 0 Å². The molecule has 0 aromatic heterocycles. The van der Waals surface area contributed by atoms with Gasteiger partial charge in [-0.1, -0.05) is 24.3 Å². The lowest BCUT2D eigenvalue weighted by molar-refractivity contribution is -0.140. The summed E-state index contributed by atoms with van der Waals surface area (Å²) in [4.78, 5) is 22.5. The van der Waals surface area contributed by atoms with E-state index in [0.717, 1.165) is 17.2 Å². The van der Waals surface area contributed by atoms with E-state index >= 15 is 0 Å². The first-order valence-corrected chi connectivity index (χ1v) is 6.63. The van der Waals surface area contributed by atoms with Crippen LogP contribution >= 0.6 is 0 Å². The van der Waals surface area contributed by atoms with E-state index in [-0.39, 0.29) is 11.9 Å². The van der Waals surface area contributed by atoms with Gasteiger partial charge in [-0.05, 0) is 38.0 Å². The fourth-order valence-corrected chi connectivity index (χ4v) is 1.61. The molecule has 0 heterocycles. The van der Waals surface area contributed by atoms with Crippen molar-refractivity contribution >= 4 is 18.0 Å². The lowest BCUT2D eigenvalue weighted by Gasteiger charge is -2.24. The van der Waals surface area contributed by atoms with Gasteiger partial charge in [0.15, 0.2) is 0 Å². The van der Waals surface area contributed by atoms with Gasteiger partial charge in [0.25, 0.3) is 5.91 Å². The van der Waals surface area contributed by atoms with Gasteiger partial charge in [-0.3, -0.25) is 4.79 Å². The molecule has 1 aromatic carbocycles. The molecular weight excluding hydrogens is 270 g/mol. The third kappa shape index (κ3) is 5.04. The van der Waals surface area contributed by atoms with Gasteiger partial charge in [0.2, 0.25) is 0 Å². The SMILES string of the molecule is COC(C)(C)C(=O)NC(C)c1ccc(/C=C/C(=O)O)cc1. The number of ether oxygens (including phenoxy) is 1. The molecule has 0 bridgehead atoms. The number of carboxylic acid groups (broad SMARTS) is 1. The van der Waals surface area contributed by atoms with Crippen molar-refractivity contribution in [2.75, 3.05) is 7.11 Å². The van der Waals surface area contributed by atoms with Crippen LogP contribution in [0.1, 0.15) is 37.9 Å². The second-order valence-corrected chi connectivity index (χ2v) is 5.25. The highest BCUT2D eigenvalue weighted by molar-refractivity contribution is 5.85. The zero-order valence-electron chi connectivity index (χ0n) is 12.7. The Kier molecular flexibility index (Phi) is 5.67. The minimum Gasteiger partial charge on any atom is -0.478 e. The summed E-state index contributed by atoms with van der Waals surface area (Å²) in [6.07, 6.45) is 2.60. The molecule has 1 unspecified atom stereocenters. The zero-order valence-corrected chi connectivity index (χ0v) is 12.7. The van der Waals surface area contributed by atoms with Crippen LogP contribution in [-0.4, -0.2) is 29.7 Å². The average Bonchev–Trinajstić information content (AvgIpc) is 2.45. The smallest absolute Gasteiger partial charge is 0.328 e. The first-order chi connectivity index (χ1) is 9.76. The highest BCUT2D eigenvalue weighted by atomic mass is 16.5. The van der Waals surface area contributed by atoms with Gasteiger partial charge in [0.1, 0.15) is 5.60 Å². The van der Waals surface area contributed by atoms with E-state index in [9.17, 15) is 9.59 Å². The molecule has 1 aromatic rings. The number of rotatable bonds is 6. The Morgan fingerprint density at radius 2 is 1.86 bits per heavy atom. The van der Waals surface area contributed by atoms with Crippen LogP contribution in [0, 0.1) is 0 Å². The molecule has 5 nitrogen and oxygen atoms in total. The van der Waals surface area contributed by atoms with Crippen molar-refractivity contribution in [3.05, 3.63) is 41.5 Å². The van der Waals surface area contributed by atoms with E-state index in [1.54, 1.807) is 26.0 Å². The highest BCUT2D eigenvalue weighted by Crippen LogP contribution is 2.16. The molecule has 1 rings (SSSR count). The van der Waals surface area contributed by atoms with Crippen LogP contribution in [0.3, 0.4) is 0 Å². The van der Waals surface area contributed by atoms with E-state index in [4.69, 9.17) is 9.84 Å². The molecule has 0 spiro atoms. The molecule has 114 valence electrons. The van der Waals surface area contributed by atoms with Crippen LogP contribution in [0.4, 0.5) is 0 Å². The molecule has 0 aliphatic rings. The predicted molar refractivity (Wildman–Crippen MR) is 80.8 cm³/mol. The first kappa shape index (κ1) is 16.9. The second-order valence-electron chi connectivity index (χ2n) is 5.25. The second kappa shape index (κ2) is 7.04. The van der Waals surface area contributed by atoms with Gasteiger partial charge >= 0.3 is 5.97 Å². The number of amides is 1. The van der Waals surface area contributed by atoms with Gasteiger partial charge < -0.3 is 15.2 Å². The molecule has 0 saturated carbocycles. The summed E-state index contributed by atoms with van der Waals surface area (Å²) in [7, 11) is 1.49. The number of hydrogen-bond acceptors (Lipinski definition) is 3. The molecule has 1 amide bonds. The summed E-state index contributed by atoms with van der Waals surface area (Å²) in [5.41, 5.74) is 0.845. The normalized spacial score (nSPS) is 13.1. The van der Waals surface area contributed by atoms with Crippen LogP contribution in [0.15, 0.2) is 30.3 Å². The van der Waals surface area contributed by atoms with Crippen LogP contribution in [0.5, 0.6) is 0 Å². The third-order valence-corrected chi connectivity index (χ3v) is 3.26. The van der Waals surface area contributed by atoms with Crippen LogP contribution in [0.25, 0.3) is 6.08 Å². The van der Waals surface area contributed by atoms with E-state index in [0.29, 0.717) is 0 Å². The Labute approximate surface area is 124 Å². The molecule has 21 heavy (non-hydrogen) atoms. The van der Waals surface area contributed by atoms with Crippen molar-refractivity contribution in [1.82, 2.24) is 5.32 Å². The van der Waals surface area contributed by atoms with E-state index in [1.165, 1.54) is 13.2 Å². The monoisotopic (exact) mass is 291 g/mol. The summed E-state index contributed by atoms with van der Waals surface area (Å²) in [6.45, 7) is 5.29. The van der Waals surface area contributed by atoms with Crippen molar-refractivity contribution in [3.8, 4) is 0 Å². The summed E-state index contributed by atoms with van der Waals surface area (Å²) >= 11 is 0. The largest absolute Gasteiger partial charge is 0.478 e. The maximum Gasteiger partial charge on any atom is 0.328 e. The number of hydrogen-bond donors (Lipinski definition) is 2. The summed E-state index contributed by atoms with van der Waals surface area (Å²) in [5.74, 6) is -1.17. The summed E-state index contributed by atoms with van der Waals surface area (Å²) in [6, 6.07) is 7.15. The van der Waals surface area contributed by atoms with Gasteiger partial charge in [0, 0.05) is 13.2 Å². The number of carboxylic acids is 1. The van der Waals surface area contributed by atoms with E-state index in [1.807, 2.05) is 19.1 Å². The number of methoxy groups -OCH3 is 1. The minimum absolute atomic E-state index is 0.163. The third-order valence-electron chi connectivity index (χ3n) is 3.26. The maximum atomic E-state index is 12.0. The quantitative estimate of drug-likeness (QED) is 0.789. The van der Waals surface area contributed by atoms with Crippen LogP contribution in [0.2, 0.25) is 0 Å². The maximum absolute atomic E-state index is 12.0. The number of nitrogens with one attached hydrogen (secondary N) is 1. The Hall–Kier alpha value is -2.14. The molecule has 0 radical (unpaired) electrons. The topological polar surface area (TPSA) is 75.6 Å². The van der Waals surface area contributed by atoms with E-state index in [2.05, 4.69) is 5.32 Å². The molecule has 0 saturated heterocycles. The minimum atomic E-state index is -0.985. The molecule has 0 aliphatic carbocycles. The zero-order chi connectivity index (χ0) is 16.0. The summed E-state index contributed by atoms with van der Waals surface area (Å²) < 4.78 is 5.13. The standard InChI is InChI=1S/C16H21NO4/c1-11(17-15(20)16(2,3)21-4)13-8-5-12(6-9-13)7-10-14(18)19/h5-11H,1-4H3,(H,17,20)(H,18,19)/b10-7+. The van der Waals surface area contributed by atoms with Crippen molar-refractivity contribution in [2.45, 2.75) is 32.4 Å². The van der Waals surface area contributed by atoms with Crippen LogP contribution in [-0.2, 0) is 14.3 Å². The Balaban J connectivity index is 2.74. The van der Waals surface area contributed by atoms with Crippen molar-refractivity contribution in [1.29, 1.82) is 0 Å². The van der Waals surface area contributed by atoms with Crippen LogP contribution < -0.4 is 5.32 Å².